The van der Waals surface area contributed by atoms with Gasteiger partial charge in [0.15, 0.2) is 0 Å². The van der Waals surface area contributed by atoms with E-state index in [1.54, 1.807) is 23.1 Å². The number of nitrogens with zero attached hydrogens (tertiary/aromatic N) is 3. The van der Waals surface area contributed by atoms with Crippen LogP contribution in [-0.2, 0) is 16.1 Å². The molecular formula is C21H25N3O2S2. The number of carbonyl (C=O) groups excluding carboxylic acids is 2. The van der Waals surface area contributed by atoms with Crippen LogP contribution in [0.1, 0.15) is 25.3 Å². The van der Waals surface area contributed by atoms with Crippen molar-refractivity contribution in [3.63, 3.8) is 0 Å². The fourth-order valence-corrected chi connectivity index (χ4v) is 7.11. The number of hydrogen-bond acceptors (Lipinski definition) is 5. The summed E-state index contributed by atoms with van der Waals surface area (Å²) in [6.45, 7) is 6.33. The molecule has 0 unspecified atom stereocenters. The summed E-state index contributed by atoms with van der Waals surface area (Å²) in [5, 5.41) is 3.61. The molecule has 3 fully saturated rings. The van der Waals surface area contributed by atoms with Crippen molar-refractivity contribution in [1.82, 2.24) is 14.7 Å². The molecule has 2 amide bonds. The summed E-state index contributed by atoms with van der Waals surface area (Å²) in [4.78, 5) is 31.6. The zero-order valence-corrected chi connectivity index (χ0v) is 17.7. The van der Waals surface area contributed by atoms with Gasteiger partial charge in [-0.1, -0.05) is 18.2 Å². The van der Waals surface area contributed by atoms with Gasteiger partial charge < -0.3 is 9.80 Å². The molecule has 28 heavy (non-hydrogen) atoms. The van der Waals surface area contributed by atoms with Crippen LogP contribution >= 0.6 is 23.1 Å². The first-order chi connectivity index (χ1) is 13.5. The summed E-state index contributed by atoms with van der Waals surface area (Å²) in [6, 6.07) is 8.29. The van der Waals surface area contributed by atoms with Gasteiger partial charge >= 0.3 is 0 Å². The number of amides is 2. The van der Waals surface area contributed by atoms with Crippen molar-refractivity contribution in [3.05, 3.63) is 35.2 Å². The Bertz CT molecular complexity index is 921. The summed E-state index contributed by atoms with van der Waals surface area (Å²) >= 11 is 3.57. The molecule has 0 spiro atoms. The average molecular weight is 416 g/mol. The molecule has 0 bridgehead atoms. The first-order valence-corrected chi connectivity index (χ1v) is 11.8. The normalized spacial score (nSPS) is 28.3. The number of hydrogen-bond donors (Lipinski definition) is 0. The summed E-state index contributed by atoms with van der Waals surface area (Å²) in [6.07, 6.45) is 1.44. The summed E-state index contributed by atoms with van der Waals surface area (Å²) in [7, 11) is 0. The second kappa shape index (κ2) is 7.04. The van der Waals surface area contributed by atoms with E-state index in [1.165, 1.54) is 15.6 Å². The minimum atomic E-state index is -0.266. The highest BCUT2D eigenvalue weighted by Gasteiger charge is 2.53. The van der Waals surface area contributed by atoms with Crippen LogP contribution in [0, 0.1) is 0 Å². The summed E-state index contributed by atoms with van der Waals surface area (Å²) in [5.41, 5.74) is 1.38. The van der Waals surface area contributed by atoms with Crippen LogP contribution in [0.3, 0.4) is 0 Å². The lowest BCUT2D eigenvalue weighted by molar-refractivity contribution is -0.144. The molecule has 3 aliphatic heterocycles. The van der Waals surface area contributed by atoms with Crippen molar-refractivity contribution in [2.75, 3.05) is 31.9 Å². The maximum Gasteiger partial charge on any atom is 0.246 e. The van der Waals surface area contributed by atoms with E-state index >= 15 is 0 Å². The molecule has 0 radical (unpaired) electrons. The molecule has 2 atom stereocenters. The van der Waals surface area contributed by atoms with Crippen LogP contribution in [-0.4, -0.2) is 69.4 Å². The predicted octanol–water partition coefficient (Wildman–Crippen LogP) is 3.00. The Balaban J connectivity index is 1.21. The molecule has 5 rings (SSSR count). The zero-order chi connectivity index (χ0) is 19.3. The van der Waals surface area contributed by atoms with Gasteiger partial charge in [-0.05, 0) is 35.7 Å². The second-order valence-electron chi connectivity index (χ2n) is 8.12. The molecule has 148 valence electrons. The Kier molecular flexibility index (Phi) is 4.64. The molecule has 0 saturated carbocycles. The van der Waals surface area contributed by atoms with Gasteiger partial charge in [0, 0.05) is 49.6 Å². The number of benzene rings is 1. The average Bonchev–Trinajstić information content (AvgIpc) is 3.36. The highest BCUT2D eigenvalue weighted by atomic mass is 32.2. The minimum Gasteiger partial charge on any atom is -0.338 e. The highest BCUT2D eigenvalue weighted by molar-refractivity contribution is 8.01. The number of rotatable bonds is 3. The molecule has 4 heterocycles. The summed E-state index contributed by atoms with van der Waals surface area (Å²) < 4.78 is 1.34. The quantitative estimate of drug-likeness (QED) is 0.773. The van der Waals surface area contributed by atoms with Gasteiger partial charge in [0.05, 0.1) is 4.87 Å². The molecule has 1 aromatic carbocycles. The fourth-order valence-electron chi connectivity index (χ4n) is 4.74. The fraction of sp³-hybridized carbons (Fsp3) is 0.524. The van der Waals surface area contributed by atoms with Crippen LogP contribution in [0.4, 0.5) is 0 Å². The third-order valence-corrected chi connectivity index (χ3v) is 8.89. The van der Waals surface area contributed by atoms with E-state index in [0.29, 0.717) is 6.42 Å². The molecule has 3 saturated heterocycles. The Hall–Kier alpha value is -1.57. The van der Waals surface area contributed by atoms with E-state index in [9.17, 15) is 9.59 Å². The molecule has 7 heteroatoms. The Labute approximate surface area is 173 Å². The van der Waals surface area contributed by atoms with Crippen LogP contribution in [0.15, 0.2) is 29.6 Å². The van der Waals surface area contributed by atoms with Crippen molar-refractivity contribution in [3.8, 4) is 0 Å². The molecule has 0 aliphatic carbocycles. The van der Waals surface area contributed by atoms with Crippen molar-refractivity contribution in [2.45, 2.75) is 37.2 Å². The maximum atomic E-state index is 13.1. The van der Waals surface area contributed by atoms with Gasteiger partial charge in [0.2, 0.25) is 11.8 Å². The number of carbonyl (C=O) groups is 2. The number of piperazine rings is 1. The van der Waals surface area contributed by atoms with Crippen LogP contribution in [0.2, 0.25) is 0 Å². The predicted molar refractivity (Wildman–Crippen MR) is 114 cm³/mol. The minimum absolute atomic E-state index is 0.145. The van der Waals surface area contributed by atoms with Gasteiger partial charge in [-0.2, -0.15) is 0 Å². The molecule has 0 N–H and O–H groups in total. The number of thioether (sulfide) groups is 1. The molecule has 1 aromatic heterocycles. The van der Waals surface area contributed by atoms with Gasteiger partial charge in [-0.25, -0.2) is 0 Å². The van der Waals surface area contributed by atoms with Crippen LogP contribution in [0.5, 0.6) is 0 Å². The van der Waals surface area contributed by atoms with Crippen molar-refractivity contribution < 1.29 is 9.59 Å². The third kappa shape index (κ3) is 3.04. The summed E-state index contributed by atoms with van der Waals surface area (Å²) in [5.74, 6) is 1.03. The third-order valence-electron chi connectivity index (χ3n) is 6.37. The van der Waals surface area contributed by atoms with E-state index in [-0.39, 0.29) is 22.7 Å². The largest absolute Gasteiger partial charge is 0.338 e. The molecule has 3 aliphatic rings. The van der Waals surface area contributed by atoms with Crippen LogP contribution in [0.25, 0.3) is 10.1 Å². The maximum absolute atomic E-state index is 13.1. The lowest BCUT2D eigenvalue weighted by Gasteiger charge is -2.38. The van der Waals surface area contributed by atoms with Crippen molar-refractivity contribution in [2.24, 2.45) is 0 Å². The topological polar surface area (TPSA) is 43.9 Å². The lowest BCUT2D eigenvalue weighted by Crippen LogP contribution is -2.56. The smallest absolute Gasteiger partial charge is 0.246 e. The van der Waals surface area contributed by atoms with E-state index in [2.05, 4.69) is 41.5 Å². The SMILES string of the molecule is C[C@]12CCC(=O)N1[C@H](C(=O)N1CCN(Cc3csc4ccccc34)CC1)CS2. The molecular weight excluding hydrogens is 390 g/mol. The first-order valence-electron chi connectivity index (χ1n) is 9.97. The number of thiophene rings is 1. The van der Waals surface area contributed by atoms with Gasteiger partial charge in [-0.3, -0.25) is 14.5 Å². The van der Waals surface area contributed by atoms with Crippen molar-refractivity contribution >= 4 is 45.0 Å². The van der Waals surface area contributed by atoms with Gasteiger partial charge in [0.1, 0.15) is 6.04 Å². The zero-order valence-electron chi connectivity index (χ0n) is 16.1. The van der Waals surface area contributed by atoms with E-state index < -0.39 is 0 Å². The monoisotopic (exact) mass is 415 g/mol. The second-order valence-corrected chi connectivity index (χ2v) is 10.5. The molecule has 5 nitrogen and oxygen atoms in total. The van der Waals surface area contributed by atoms with Gasteiger partial charge in [-0.15, -0.1) is 23.1 Å². The van der Waals surface area contributed by atoms with E-state index in [0.717, 1.165) is 44.9 Å². The van der Waals surface area contributed by atoms with Gasteiger partial charge in [0.25, 0.3) is 0 Å². The van der Waals surface area contributed by atoms with E-state index in [1.807, 2.05) is 9.80 Å². The molecule has 2 aromatic rings. The number of fused-ring (bicyclic) bond motifs is 2. The highest BCUT2D eigenvalue weighted by Crippen LogP contribution is 2.47. The lowest BCUT2D eigenvalue weighted by atomic mass is 10.1. The standard InChI is InChI=1S/C21H25N3O2S2/c1-21-7-6-19(25)24(21)17(14-28-21)20(26)23-10-8-22(9-11-23)12-15-13-27-18-5-3-2-4-16(15)18/h2-5,13,17H,6-12,14H2,1H3/t17-,21-/m0/s1. The van der Waals surface area contributed by atoms with E-state index in [4.69, 9.17) is 0 Å². The van der Waals surface area contributed by atoms with Crippen molar-refractivity contribution in [1.29, 1.82) is 0 Å². The Morgan fingerprint density at radius 1 is 1.21 bits per heavy atom. The Morgan fingerprint density at radius 3 is 2.82 bits per heavy atom. The van der Waals surface area contributed by atoms with Crippen LogP contribution < -0.4 is 0 Å². The Morgan fingerprint density at radius 2 is 2.00 bits per heavy atom. The first kappa shape index (κ1) is 18.5.